The fourth-order valence-electron chi connectivity index (χ4n) is 0.248. The summed E-state index contributed by atoms with van der Waals surface area (Å²) >= 11 is 0. The molecule has 0 spiro atoms. The molecule has 0 amide bonds. The molecule has 0 saturated carbocycles. The molecule has 0 rings (SSSR count). The van der Waals surface area contributed by atoms with Crippen molar-refractivity contribution in [1.82, 2.24) is 4.67 Å². The predicted octanol–water partition coefficient (Wildman–Crippen LogP) is 1.08. The number of likely N-dealkylation sites (N-methyl/N-ethyl adjacent to an activating group) is 1. The summed E-state index contributed by atoms with van der Waals surface area (Å²) in [4.78, 5) is 10.9. The Morgan fingerprint density at radius 3 is 1.89 bits per heavy atom. The van der Waals surface area contributed by atoms with Gasteiger partial charge in [-0.3, -0.25) is 9.46 Å². The van der Waals surface area contributed by atoms with Crippen molar-refractivity contribution in [2.45, 2.75) is 26.3 Å². The van der Waals surface area contributed by atoms with Gasteiger partial charge in [0, 0.05) is 0 Å². The number of carbonyl (C=O) groups excluding carboxylic acids is 1. The average molecular weight is 147 g/mol. The lowest BCUT2D eigenvalue weighted by Gasteiger charge is -2.28. The van der Waals surface area contributed by atoms with Crippen LogP contribution in [0.4, 0.5) is 0 Å². The first kappa shape index (κ1) is 9.06. The molecule has 1 unspecified atom stereocenters. The van der Waals surface area contributed by atoms with Crippen molar-refractivity contribution in [1.29, 1.82) is 0 Å². The minimum absolute atomic E-state index is 0.181. The number of nitrogens with zero attached hydrogens (tertiary/aromatic N) is 1. The standard InChI is InChI=1S/C6H14NOP/c1-5(8)6(2,3)7(4)9/h9H2,1-4H3. The summed E-state index contributed by atoms with van der Waals surface area (Å²) in [5.74, 6) is 0.181. The molecule has 0 aromatic carbocycles. The van der Waals surface area contributed by atoms with Crippen LogP contribution in [0.3, 0.4) is 0 Å². The van der Waals surface area contributed by atoms with Crippen molar-refractivity contribution in [3.8, 4) is 0 Å². The monoisotopic (exact) mass is 147 g/mol. The first-order valence-corrected chi connectivity index (χ1v) is 3.40. The summed E-state index contributed by atoms with van der Waals surface area (Å²) in [5, 5.41) is 0. The van der Waals surface area contributed by atoms with Gasteiger partial charge in [0.15, 0.2) is 0 Å². The molecular formula is C6H14NOP. The van der Waals surface area contributed by atoms with Gasteiger partial charge < -0.3 is 0 Å². The molecular weight excluding hydrogens is 133 g/mol. The molecule has 1 atom stereocenters. The van der Waals surface area contributed by atoms with E-state index in [1.165, 1.54) is 0 Å². The lowest BCUT2D eigenvalue weighted by molar-refractivity contribution is -0.124. The third-order valence-electron chi connectivity index (χ3n) is 1.74. The Morgan fingerprint density at radius 1 is 1.56 bits per heavy atom. The molecule has 0 saturated heterocycles. The van der Waals surface area contributed by atoms with Crippen LogP contribution in [0.25, 0.3) is 0 Å². The van der Waals surface area contributed by atoms with Gasteiger partial charge in [0.05, 0.1) is 5.54 Å². The van der Waals surface area contributed by atoms with Crippen molar-refractivity contribution in [2.24, 2.45) is 0 Å². The molecule has 0 fully saturated rings. The number of hydrogen-bond donors (Lipinski definition) is 0. The zero-order chi connectivity index (χ0) is 7.65. The Bertz CT molecular complexity index is 120. The molecule has 0 aliphatic carbocycles. The van der Waals surface area contributed by atoms with E-state index in [-0.39, 0.29) is 11.3 Å². The second-order valence-electron chi connectivity index (χ2n) is 2.73. The number of hydrogen-bond acceptors (Lipinski definition) is 2. The summed E-state index contributed by atoms with van der Waals surface area (Å²) in [6, 6.07) is 0. The van der Waals surface area contributed by atoms with E-state index < -0.39 is 0 Å². The van der Waals surface area contributed by atoms with E-state index in [2.05, 4.69) is 9.39 Å². The van der Waals surface area contributed by atoms with Crippen molar-refractivity contribution >= 4 is 15.2 Å². The fourth-order valence-corrected chi connectivity index (χ4v) is 0.430. The van der Waals surface area contributed by atoms with Gasteiger partial charge in [0.1, 0.15) is 5.78 Å². The maximum absolute atomic E-state index is 10.9. The molecule has 0 radical (unpaired) electrons. The molecule has 54 valence electrons. The molecule has 0 aromatic rings. The second kappa shape index (κ2) is 2.76. The summed E-state index contributed by atoms with van der Waals surface area (Å²) in [6.07, 6.45) is 0. The molecule has 0 aromatic heterocycles. The van der Waals surface area contributed by atoms with E-state index in [1.54, 1.807) is 6.92 Å². The minimum Gasteiger partial charge on any atom is -0.298 e. The van der Waals surface area contributed by atoms with Crippen LogP contribution in [0.15, 0.2) is 0 Å². The predicted molar refractivity (Wildman–Crippen MR) is 42.2 cm³/mol. The van der Waals surface area contributed by atoms with E-state index in [1.807, 2.05) is 25.6 Å². The van der Waals surface area contributed by atoms with Crippen LogP contribution in [-0.4, -0.2) is 23.0 Å². The Morgan fingerprint density at radius 2 is 1.89 bits per heavy atom. The van der Waals surface area contributed by atoms with Gasteiger partial charge in [-0.1, -0.05) is 9.39 Å². The summed E-state index contributed by atoms with van der Waals surface area (Å²) < 4.78 is 1.83. The van der Waals surface area contributed by atoms with Crippen LogP contribution in [0.2, 0.25) is 0 Å². The largest absolute Gasteiger partial charge is 0.298 e. The molecule has 9 heavy (non-hydrogen) atoms. The zero-order valence-corrected chi connectivity index (χ0v) is 7.59. The van der Waals surface area contributed by atoms with E-state index >= 15 is 0 Å². The highest BCUT2D eigenvalue weighted by atomic mass is 31.0. The third-order valence-corrected chi connectivity index (χ3v) is 2.39. The van der Waals surface area contributed by atoms with Gasteiger partial charge >= 0.3 is 0 Å². The molecule has 0 N–H and O–H groups in total. The fraction of sp³-hybridized carbons (Fsp3) is 0.833. The van der Waals surface area contributed by atoms with Crippen LogP contribution < -0.4 is 0 Å². The maximum atomic E-state index is 10.9. The van der Waals surface area contributed by atoms with Crippen LogP contribution >= 0.6 is 9.39 Å². The van der Waals surface area contributed by atoms with E-state index in [0.29, 0.717) is 0 Å². The Kier molecular flexibility index (Phi) is 2.78. The maximum Gasteiger partial charge on any atom is 0.149 e. The first-order chi connectivity index (χ1) is 3.89. The van der Waals surface area contributed by atoms with Crippen molar-refractivity contribution in [3.05, 3.63) is 0 Å². The van der Waals surface area contributed by atoms with Crippen molar-refractivity contribution in [3.63, 3.8) is 0 Å². The van der Waals surface area contributed by atoms with Gasteiger partial charge in [0.25, 0.3) is 0 Å². The Labute approximate surface area is 58.9 Å². The normalized spacial score (nSPS) is 12.2. The summed E-state index contributed by atoms with van der Waals surface area (Å²) in [5.41, 5.74) is -0.343. The first-order valence-electron chi connectivity index (χ1n) is 2.88. The number of Topliss-reactive ketones (excluding diaryl/α,β-unsaturated/α-hetero) is 1. The smallest absolute Gasteiger partial charge is 0.149 e. The zero-order valence-electron chi connectivity index (χ0n) is 6.43. The van der Waals surface area contributed by atoms with Gasteiger partial charge in [0.2, 0.25) is 0 Å². The van der Waals surface area contributed by atoms with Crippen LogP contribution in [0.1, 0.15) is 20.8 Å². The van der Waals surface area contributed by atoms with E-state index in [4.69, 9.17) is 0 Å². The third kappa shape index (κ3) is 2.04. The molecule has 0 heterocycles. The SMILES string of the molecule is CC(=O)C(C)(C)N(C)P. The van der Waals surface area contributed by atoms with Gasteiger partial charge in [-0.2, -0.15) is 0 Å². The number of carbonyl (C=O) groups is 1. The summed E-state index contributed by atoms with van der Waals surface area (Å²) in [7, 11) is 4.35. The lowest BCUT2D eigenvalue weighted by Crippen LogP contribution is -2.40. The average Bonchev–Trinajstić information content (AvgIpc) is 1.65. The van der Waals surface area contributed by atoms with Crippen LogP contribution in [0.5, 0.6) is 0 Å². The van der Waals surface area contributed by atoms with Crippen molar-refractivity contribution in [2.75, 3.05) is 7.05 Å². The van der Waals surface area contributed by atoms with Crippen LogP contribution in [0, 0.1) is 0 Å². The number of rotatable bonds is 2. The van der Waals surface area contributed by atoms with E-state index in [0.717, 1.165) is 0 Å². The highest BCUT2D eigenvalue weighted by Gasteiger charge is 2.25. The Balaban J connectivity index is 4.19. The molecule has 3 heteroatoms. The molecule has 0 bridgehead atoms. The van der Waals surface area contributed by atoms with Crippen molar-refractivity contribution < 1.29 is 4.79 Å². The van der Waals surface area contributed by atoms with Gasteiger partial charge in [-0.05, 0) is 27.8 Å². The van der Waals surface area contributed by atoms with Gasteiger partial charge in [-0.15, -0.1) is 0 Å². The Hall–Kier alpha value is 0.0600. The molecule has 0 aliphatic heterocycles. The lowest BCUT2D eigenvalue weighted by atomic mass is 10.0. The van der Waals surface area contributed by atoms with Crippen LogP contribution in [-0.2, 0) is 4.79 Å². The highest BCUT2D eigenvalue weighted by Crippen LogP contribution is 2.16. The molecule has 2 nitrogen and oxygen atoms in total. The van der Waals surface area contributed by atoms with Gasteiger partial charge in [-0.25, -0.2) is 0 Å². The highest BCUT2D eigenvalue weighted by molar-refractivity contribution is 7.13. The quantitative estimate of drug-likeness (QED) is 0.544. The topological polar surface area (TPSA) is 20.3 Å². The number of ketones is 1. The second-order valence-corrected chi connectivity index (χ2v) is 3.50. The molecule has 0 aliphatic rings. The van der Waals surface area contributed by atoms with E-state index in [9.17, 15) is 4.79 Å². The minimum atomic E-state index is -0.343. The summed E-state index contributed by atoms with van der Waals surface area (Å²) in [6.45, 7) is 5.38.